The molecule has 0 spiro atoms. The molecule has 0 amide bonds. The number of epoxide rings is 1. The van der Waals surface area contributed by atoms with Crippen LogP contribution >= 0.6 is 0 Å². The first-order chi connectivity index (χ1) is 7.84. The Morgan fingerprint density at radius 1 is 1.19 bits per heavy atom. The molecule has 1 N–H and O–H groups in total. The van der Waals surface area contributed by atoms with Gasteiger partial charge < -0.3 is 14.6 Å². The monoisotopic (exact) mass is 218 g/mol. The number of rotatable bonds is 3. The molecule has 0 radical (unpaired) electrons. The Morgan fingerprint density at radius 3 is 2.81 bits per heavy atom. The van der Waals surface area contributed by atoms with E-state index < -0.39 is 6.10 Å². The minimum absolute atomic E-state index is 0.0502. The third kappa shape index (κ3) is 1.89. The quantitative estimate of drug-likeness (QED) is 0.613. The van der Waals surface area contributed by atoms with Crippen molar-refractivity contribution in [3.05, 3.63) is 48.0 Å². The summed E-state index contributed by atoms with van der Waals surface area (Å²) in [5.74, 6) is 0. The summed E-state index contributed by atoms with van der Waals surface area (Å²) in [5.41, 5.74) is 1.11. The summed E-state index contributed by atoms with van der Waals surface area (Å²) in [6, 6.07) is 9.95. The van der Waals surface area contributed by atoms with Crippen molar-refractivity contribution in [1.29, 1.82) is 0 Å². The molecule has 0 bridgehead atoms. The average Bonchev–Trinajstić information content (AvgIpc) is 3.10. The lowest BCUT2D eigenvalue weighted by molar-refractivity contribution is -0.0301. The molecule has 1 fully saturated rings. The topological polar surface area (TPSA) is 42.0 Å². The van der Waals surface area contributed by atoms with Crippen molar-refractivity contribution in [2.75, 3.05) is 0 Å². The molecule has 3 nitrogen and oxygen atoms in total. The third-order valence-corrected chi connectivity index (χ3v) is 3.01. The lowest BCUT2D eigenvalue weighted by Crippen LogP contribution is -2.35. The Labute approximate surface area is 94.3 Å². The molecular weight excluding hydrogens is 204 g/mol. The first kappa shape index (κ1) is 10.0. The second kappa shape index (κ2) is 4.01. The van der Waals surface area contributed by atoms with Crippen molar-refractivity contribution in [2.24, 2.45) is 0 Å². The second-order valence-corrected chi connectivity index (χ2v) is 4.20. The minimum Gasteiger partial charge on any atom is -0.387 e. The molecule has 0 saturated carbocycles. The zero-order chi connectivity index (χ0) is 11.0. The van der Waals surface area contributed by atoms with Gasteiger partial charge in [-0.2, -0.15) is 0 Å². The number of aliphatic hydroxyl groups excluding tert-OH is 1. The van der Waals surface area contributed by atoms with E-state index >= 15 is 0 Å². The molecule has 1 heterocycles. The van der Waals surface area contributed by atoms with Gasteiger partial charge in [-0.1, -0.05) is 42.5 Å². The van der Waals surface area contributed by atoms with Crippen LogP contribution in [0.4, 0.5) is 0 Å². The van der Waals surface area contributed by atoms with Gasteiger partial charge in [0.15, 0.2) is 0 Å². The largest absolute Gasteiger partial charge is 0.387 e. The molecule has 0 unspecified atom stereocenters. The summed E-state index contributed by atoms with van der Waals surface area (Å²) < 4.78 is 10.9. The molecule has 1 aliphatic heterocycles. The molecule has 3 heteroatoms. The van der Waals surface area contributed by atoms with Crippen LogP contribution in [0.1, 0.15) is 5.56 Å². The smallest absolute Gasteiger partial charge is 0.117 e. The molecule has 84 valence electrons. The van der Waals surface area contributed by atoms with Gasteiger partial charge in [-0.15, -0.1) is 0 Å². The van der Waals surface area contributed by atoms with Gasteiger partial charge >= 0.3 is 0 Å². The van der Waals surface area contributed by atoms with Crippen LogP contribution in [-0.4, -0.2) is 29.5 Å². The highest BCUT2D eigenvalue weighted by molar-refractivity contribution is 5.17. The van der Waals surface area contributed by atoms with Crippen LogP contribution in [0, 0.1) is 0 Å². The van der Waals surface area contributed by atoms with E-state index in [0.29, 0.717) is 6.61 Å². The Balaban J connectivity index is 1.59. The Bertz CT molecular complexity index is 387. The first-order valence-electron chi connectivity index (χ1n) is 5.52. The minimum atomic E-state index is -0.529. The first-order valence-corrected chi connectivity index (χ1v) is 5.52. The number of fused-ring (bicyclic) bond motifs is 1. The standard InChI is InChI=1S/C13H14O3/c14-12-10(6-7-11-13(12)16-11)15-8-9-4-2-1-3-5-9/h1-7,10-14H,8H2/t10-,11+,12+,13+/m1/s1. The van der Waals surface area contributed by atoms with Crippen LogP contribution in [0.25, 0.3) is 0 Å². The summed E-state index contributed by atoms with van der Waals surface area (Å²) in [6.45, 7) is 0.518. The SMILES string of the molecule is O[C@@H]1[C@H]2O[C@H]2C=C[C@H]1OCc1ccccc1. The fourth-order valence-corrected chi connectivity index (χ4v) is 2.01. The highest BCUT2D eigenvalue weighted by atomic mass is 16.6. The van der Waals surface area contributed by atoms with Crippen LogP contribution in [0.15, 0.2) is 42.5 Å². The fraction of sp³-hybridized carbons (Fsp3) is 0.385. The number of hydrogen-bond acceptors (Lipinski definition) is 3. The number of aliphatic hydroxyl groups is 1. The van der Waals surface area contributed by atoms with Crippen LogP contribution < -0.4 is 0 Å². The van der Waals surface area contributed by atoms with Crippen LogP contribution in [0.3, 0.4) is 0 Å². The van der Waals surface area contributed by atoms with Crippen molar-refractivity contribution in [2.45, 2.75) is 31.0 Å². The van der Waals surface area contributed by atoms with Crippen molar-refractivity contribution in [1.82, 2.24) is 0 Å². The van der Waals surface area contributed by atoms with Crippen LogP contribution in [0.2, 0.25) is 0 Å². The van der Waals surface area contributed by atoms with Crippen molar-refractivity contribution in [3.63, 3.8) is 0 Å². The molecule has 3 rings (SSSR count). The van der Waals surface area contributed by atoms with E-state index in [1.54, 1.807) is 0 Å². The molecule has 0 aromatic heterocycles. The average molecular weight is 218 g/mol. The Kier molecular flexibility index (Phi) is 2.52. The molecule has 1 aromatic rings. The fourth-order valence-electron chi connectivity index (χ4n) is 2.01. The number of benzene rings is 1. The predicted molar refractivity (Wildman–Crippen MR) is 58.8 cm³/mol. The Morgan fingerprint density at radius 2 is 2.00 bits per heavy atom. The second-order valence-electron chi connectivity index (χ2n) is 4.20. The lowest BCUT2D eigenvalue weighted by Gasteiger charge is -2.21. The summed E-state index contributed by atoms with van der Waals surface area (Å²) in [5, 5.41) is 9.86. The van der Waals surface area contributed by atoms with Gasteiger partial charge in [-0.25, -0.2) is 0 Å². The Hall–Kier alpha value is -1.16. The van der Waals surface area contributed by atoms with Crippen LogP contribution in [0.5, 0.6) is 0 Å². The maximum atomic E-state index is 9.86. The summed E-state index contributed by atoms with van der Waals surface area (Å²) >= 11 is 0. The van der Waals surface area contributed by atoms with E-state index in [1.165, 1.54) is 0 Å². The molecule has 1 aliphatic carbocycles. The van der Waals surface area contributed by atoms with Gasteiger partial charge in [-0.05, 0) is 5.56 Å². The normalized spacial score (nSPS) is 35.8. The molecule has 4 atom stereocenters. The number of ether oxygens (including phenoxy) is 2. The van der Waals surface area contributed by atoms with Gasteiger partial charge in [0.05, 0.1) is 6.61 Å². The van der Waals surface area contributed by atoms with E-state index in [4.69, 9.17) is 9.47 Å². The van der Waals surface area contributed by atoms with E-state index in [2.05, 4.69) is 0 Å². The van der Waals surface area contributed by atoms with Gasteiger partial charge in [-0.3, -0.25) is 0 Å². The van der Waals surface area contributed by atoms with Gasteiger partial charge in [0.25, 0.3) is 0 Å². The van der Waals surface area contributed by atoms with Crippen molar-refractivity contribution < 1.29 is 14.6 Å². The van der Waals surface area contributed by atoms with E-state index in [1.807, 2.05) is 42.5 Å². The molecular formula is C13H14O3. The molecule has 2 aliphatic rings. The van der Waals surface area contributed by atoms with Gasteiger partial charge in [0, 0.05) is 0 Å². The molecule has 1 aromatic carbocycles. The highest BCUT2D eigenvalue weighted by Gasteiger charge is 2.48. The summed E-state index contributed by atoms with van der Waals surface area (Å²) in [6.07, 6.45) is 3.15. The highest BCUT2D eigenvalue weighted by Crippen LogP contribution is 2.33. The zero-order valence-electron chi connectivity index (χ0n) is 8.82. The maximum absolute atomic E-state index is 9.86. The summed E-state index contributed by atoms with van der Waals surface area (Å²) in [4.78, 5) is 0. The van der Waals surface area contributed by atoms with Gasteiger partial charge in [0.2, 0.25) is 0 Å². The van der Waals surface area contributed by atoms with Gasteiger partial charge in [0.1, 0.15) is 24.4 Å². The van der Waals surface area contributed by atoms with Crippen LogP contribution in [-0.2, 0) is 16.1 Å². The number of hydrogen-bond donors (Lipinski definition) is 1. The van der Waals surface area contributed by atoms with E-state index in [9.17, 15) is 5.11 Å². The van der Waals surface area contributed by atoms with E-state index in [0.717, 1.165) is 5.56 Å². The summed E-state index contributed by atoms with van der Waals surface area (Å²) in [7, 11) is 0. The van der Waals surface area contributed by atoms with E-state index in [-0.39, 0.29) is 18.3 Å². The maximum Gasteiger partial charge on any atom is 0.117 e. The lowest BCUT2D eigenvalue weighted by atomic mass is 10.0. The van der Waals surface area contributed by atoms with Crippen molar-refractivity contribution >= 4 is 0 Å². The third-order valence-electron chi connectivity index (χ3n) is 3.01. The molecule has 16 heavy (non-hydrogen) atoms. The molecule has 1 saturated heterocycles. The van der Waals surface area contributed by atoms with Crippen molar-refractivity contribution in [3.8, 4) is 0 Å². The predicted octanol–water partition coefficient (Wildman–Crippen LogP) is 1.27. The zero-order valence-corrected chi connectivity index (χ0v) is 8.82.